The first-order valence-electron chi connectivity index (χ1n) is 9.80. The van der Waals surface area contributed by atoms with Crippen LogP contribution < -0.4 is 5.32 Å². The number of nitrogens with zero attached hydrogens (tertiary/aromatic N) is 1. The molecule has 0 fully saturated rings. The van der Waals surface area contributed by atoms with Gasteiger partial charge in [0.2, 0.25) is 11.8 Å². The van der Waals surface area contributed by atoms with Gasteiger partial charge < -0.3 is 10.2 Å². The highest BCUT2D eigenvalue weighted by atomic mass is 35.5. The van der Waals surface area contributed by atoms with E-state index in [9.17, 15) is 14.0 Å². The summed E-state index contributed by atoms with van der Waals surface area (Å²) in [5.74, 6) is -0.588. The van der Waals surface area contributed by atoms with Crippen molar-refractivity contribution in [2.45, 2.75) is 38.6 Å². The van der Waals surface area contributed by atoms with Gasteiger partial charge in [0.15, 0.2) is 0 Å². The third-order valence-corrected chi connectivity index (χ3v) is 6.51. The van der Waals surface area contributed by atoms with Crippen LogP contribution in [0.4, 0.5) is 4.39 Å². The number of benzene rings is 2. The van der Waals surface area contributed by atoms with Gasteiger partial charge in [-0.05, 0) is 43.2 Å². The molecule has 0 aromatic heterocycles. The number of likely N-dealkylation sites (N-methyl/N-ethyl adjacent to an activating group) is 1. The van der Waals surface area contributed by atoms with Crippen LogP contribution in [-0.4, -0.2) is 35.1 Å². The Morgan fingerprint density at radius 2 is 1.87 bits per heavy atom. The first kappa shape index (κ1) is 25.8. The van der Waals surface area contributed by atoms with E-state index in [1.54, 1.807) is 24.3 Å². The number of nitrogens with one attached hydrogen (secondary N) is 1. The van der Waals surface area contributed by atoms with Crippen LogP contribution in [0.25, 0.3) is 0 Å². The fraction of sp³-hybridized carbons (Fsp3) is 0.364. The van der Waals surface area contributed by atoms with E-state index in [0.717, 1.165) is 0 Å². The van der Waals surface area contributed by atoms with Crippen molar-refractivity contribution in [1.29, 1.82) is 0 Å². The predicted molar refractivity (Wildman–Crippen MR) is 127 cm³/mol. The van der Waals surface area contributed by atoms with Crippen LogP contribution in [0.15, 0.2) is 36.4 Å². The first-order chi connectivity index (χ1) is 14.8. The van der Waals surface area contributed by atoms with E-state index in [-0.39, 0.29) is 29.9 Å². The molecule has 9 heteroatoms. The van der Waals surface area contributed by atoms with Crippen molar-refractivity contribution >= 4 is 58.4 Å². The average molecular weight is 506 g/mol. The molecule has 0 spiro atoms. The third kappa shape index (κ3) is 7.28. The molecule has 0 heterocycles. The van der Waals surface area contributed by atoms with Gasteiger partial charge in [0.25, 0.3) is 0 Å². The molecule has 0 aliphatic heterocycles. The molecule has 31 heavy (non-hydrogen) atoms. The summed E-state index contributed by atoms with van der Waals surface area (Å²) in [5, 5.41) is 4.00. The highest BCUT2D eigenvalue weighted by molar-refractivity contribution is 7.99. The zero-order valence-electron chi connectivity index (χ0n) is 17.3. The second-order valence-electron chi connectivity index (χ2n) is 6.77. The molecule has 0 bridgehead atoms. The van der Waals surface area contributed by atoms with Crippen molar-refractivity contribution in [1.82, 2.24) is 10.2 Å². The quantitative estimate of drug-likeness (QED) is 0.433. The van der Waals surface area contributed by atoms with Crippen LogP contribution in [0.5, 0.6) is 0 Å². The summed E-state index contributed by atoms with van der Waals surface area (Å²) >= 11 is 19.6. The maximum absolute atomic E-state index is 14.0. The average Bonchev–Trinajstić information content (AvgIpc) is 2.71. The molecular weight excluding hydrogens is 482 g/mol. The van der Waals surface area contributed by atoms with Crippen molar-refractivity contribution in [3.63, 3.8) is 0 Å². The molecule has 1 atom stereocenters. The van der Waals surface area contributed by atoms with Gasteiger partial charge in [-0.2, -0.15) is 0 Å². The maximum atomic E-state index is 14.0. The van der Waals surface area contributed by atoms with Gasteiger partial charge in [0, 0.05) is 39.5 Å². The van der Waals surface area contributed by atoms with Gasteiger partial charge in [-0.25, -0.2) is 4.39 Å². The molecule has 168 valence electrons. The molecule has 2 aromatic carbocycles. The van der Waals surface area contributed by atoms with Gasteiger partial charge >= 0.3 is 0 Å². The van der Waals surface area contributed by atoms with Crippen molar-refractivity contribution in [2.75, 3.05) is 12.3 Å². The Balaban J connectivity index is 2.19. The Kier molecular flexibility index (Phi) is 10.4. The lowest BCUT2D eigenvalue weighted by Crippen LogP contribution is -2.49. The number of rotatable bonds is 10. The van der Waals surface area contributed by atoms with Crippen LogP contribution in [0.3, 0.4) is 0 Å². The highest BCUT2D eigenvalue weighted by Crippen LogP contribution is 2.26. The summed E-state index contributed by atoms with van der Waals surface area (Å²) < 4.78 is 14.0. The lowest BCUT2D eigenvalue weighted by Gasteiger charge is -2.30. The second-order valence-corrected chi connectivity index (χ2v) is 9.01. The Labute approximate surface area is 201 Å². The minimum atomic E-state index is -0.656. The number of hydrogen-bond acceptors (Lipinski definition) is 3. The monoisotopic (exact) mass is 504 g/mol. The zero-order chi connectivity index (χ0) is 23.0. The molecule has 2 aromatic rings. The number of amides is 2. The normalized spacial score (nSPS) is 11.8. The van der Waals surface area contributed by atoms with E-state index < -0.39 is 11.9 Å². The van der Waals surface area contributed by atoms with Gasteiger partial charge in [-0.15, -0.1) is 11.8 Å². The van der Waals surface area contributed by atoms with Crippen molar-refractivity contribution in [2.24, 2.45) is 0 Å². The minimum absolute atomic E-state index is 0.0613. The topological polar surface area (TPSA) is 49.4 Å². The van der Waals surface area contributed by atoms with E-state index in [1.807, 2.05) is 13.8 Å². The molecule has 2 amide bonds. The fourth-order valence-electron chi connectivity index (χ4n) is 3.04. The lowest BCUT2D eigenvalue weighted by atomic mass is 10.1. The second kappa shape index (κ2) is 12.5. The van der Waals surface area contributed by atoms with Crippen molar-refractivity contribution in [3.05, 3.63) is 68.4 Å². The third-order valence-electron chi connectivity index (χ3n) is 4.63. The minimum Gasteiger partial charge on any atom is -0.355 e. The van der Waals surface area contributed by atoms with Crippen LogP contribution in [-0.2, 0) is 21.9 Å². The zero-order valence-corrected chi connectivity index (χ0v) is 20.3. The van der Waals surface area contributed by atoms with Crippen molar-refractivity contribution in [3.8, 4) is 0 Å². The molecular formula is C22H24Cl3FN2O2S. The molecule has 0 saturated carbocycles. The molecule has 0 saturated heterocycles. The Hall–Kier alpha value is -1.47. The summed E-state index contributed by atoms with van der Waals surface area (Å²) in [5.41, 5.74) is 1.04. The van der Waals surface area contributed by atoms with Gasteiger partial charge in [0.1, 0.15) is 11.9 Å². The van der Waals surface area contributed by atoms with Gasteiger partial charge in [-0.3, -0.25) is 9.59 Å². The van der Waals surface area contributed by atoms with Crippen LogP contribution in [0.1, 0.15) is 31.4 Å². The standard InChI is InChI=1S/C22H24Cl3FN2O2S/c1-3-20(22(30)27-4-2)28(11-14-8-9-15(23)10-18(14)25)21(29)13-31-12-16-17(24)6-5-7-19(16)26/h5-10,20H,3-4,11-13H2,1-2H3,(H,27,30)/t20-/m1/s1. The molecule has 0 aliphatic carbocycles. The molecule has 4 nitrogen and oxygen atoms in total. The van der Waals surface area contributed by atoms with Crippen LogP contribution in [0.2, 0.25) is 15.1 Å². The predicted octanol–water partition coefficient (Wildman–Crippen LogP) is 5.96. The molecule has 0 aliphatic rings. The van der Waals surface area contributed by atoms with Gasteiger partial charge in [-0.1, -0.05) is 53.9 Å². The summed E-state index contributed by atoms with van der Waals surface area (Å²) in [7, 11) is 0. The van der Waals surface area contributed by atoms with Gasteiger partial charge in [0.05, 0.1) is 5.75 Å². The molecule has 2 rings (SSSR count). The summed E-state index contributed by atoms with van der Waals surface area (Å²) in [6.07, 6.45) is 0.437. The highest BCUT2D eigenvalue weighted by Gasteiger charge is 2.28. The molecule has 0 radical (unpaired) electrons. The van der Waals surface area contributed by atoms with E-state index in [2.05, 4.69) is 5.32 Å². The van der Waals surface area contributed by atoms with Crippen molar-refractivity contribution < 1.29 is 14.0 Å². The lowest BCUT2D eigenvalue weighted by molar-refractivity contribution is -0.139. The largest absolute Gasteiger partial charge is 0.355 e. The van der Waals surface area contributed by atoms with Crippen LogP contribution >= 0.6 is 46.6 Å². The van der Waals surface area contributed by atoms with E-state index in [0.29, 0.717) is 39.2 Å². The Bertz CT molecular complexity index is 909. The first-order valence-corrected chi connectivity index (χ1v) is 12.1. The number of halogens is 4. The fourth-order valence-corrected chi connectivity index (χ4v) is 4.76. The number of carbonyl (C=O) groups is 2. The summed E-state index contributed by atoms with van der Waals surface area (Å²) in [6.45, 7) is 4.28. The number of hydrogen-bond donors (Lipinski definition) is 1. The summed E-state index contributed by atoms with van der Waals surface area (Å²) in [4.78, 5) is 27.2. The summed E-state index contributed by atoms with van der Waals surface area (Å²) in [6, 6.07) is 8.85. The smallest absolute Gasteiger partial charge is 0.242 e. The molecule has 1 N–H and O–H groups in total. The van der Waals surface area contributed by atoms with Crippen LogP contribution in [0, 0.1) is 5.82 Å². The van der Waals surface area contributed by atoms with E-state index in [1.165, 1.54) is 28.8 Å². The van der Waals surface area contributed by atoms with E-state index >= 15 is 0 Å². The number of thioether (sulfide) groups is 1. The number of carbonyl (C=O) groups excluding carboxylic acids is 2. The SMILES string of the molecule is CCNC(=O)[C@@H](CC)N(Cc1ccc(Cl)cc1Cl)C(=O)CSCc1c(F)cccc1Cl. The van der Waals surface area contributed by atoms with E-state index in [4.69, 9.17) is 34.8 Å². The Morgan fingerprint density at radius 1 is 1.13 bits per heavy atom. The molecule has 0 unspecified atom stereocenters. The Morgan fingerprint density at radius 3 is 2.48 bits per heavy atom. The maximum Gasteiger partial charge on any atom is 0.242 e.